The largest absolute Gasteiger partial charge is 0.316 e. The summed E-state index contributed by atoms with van der Waals surface area (Å²) in [5.41, 5.74) is 1.46. The molecule has 1 aromatic heterocycles. The molecule has 20 heavy (non-hydrogen) atoms. The Bertz CT molecular complexity index is 450. The summed E-state index contributed by atoms with van der Waals surface area (Å²) in [5, 5.41) is 5.77. The molecule has 0 aliphatic carbocycles. The fourth-order valence-corrected chi connectivity index (χ4v) is 3.23. The van der Waals surface area contributed by atoms with Gasteiger partial charge in [-0.25, -0.2) is 0 Å². The summed E-state index contributed by atoms with van der Waals surface area (Å²) in [5.74, 6) is 0.728. The van der Waals surface area contributed by atoms with Gasteiger partial charge >= 0.3 is 0 Å². The lowest BCUT2D eigenvalue weighted by atomic mass is 9.94. The van der Waals surface area contributed by atoms with Crippen molar-refractivity contribution in [2.24, 2.45) is 5.92 Å². The molecule has 1 nitrogen and oxygen atoms in total. The maximum atomic E-state index is 3.59. The zero-order valence-corrected chi connectivity index (χ0v) is 13.2. The summed E-state index contributed by atoms with van der Waals surface area (Å²) in [6.45, 7) is 4.49. The third-order valence-corrected chi connectivity index (χ3v) is 4.54. The Labute approximate surface area is 127 Å². The van der Waals surface area contributed by atoms with E-state index >= 15 is 0 Å². The maximum Gasteiger partial charge on any atom is 0.00453 e. The fraction of sp³-hybridized carbons (Fsp3) is 0.444. The molecule has 1 aromatic carbocycles. The highest BCUT2D eigenvalue weighted by molar-refractivity contribution is 7.09. The van der Waals surface area contributed by atoms with E-state index in [0.29, 0.717) is 0 Å². The minimum Gasteiger partial charge on any atom is -0.316 e. The second-order valence-corrected chi connectivity index (χ2v) is 6.41. The van der Waals surface area contributed by atoms with E-state index in [4.69, 9.17) is 0 Å². The van der Waals surface area contributed by atoms with Crippen molar-refractivity contribution in [2.45, 2.75) is 32.6 Å². The van der Waals surface area contributed by atoms with Gasteiger partial charge < -0.3 is 5.32 Å². The van der Waals surface area contributed by atoms with Gasteiger partial charge in [-0.15, -0.1) is 11.3 Å². The van der Waals surface area contributed by atoms with Gasteiger partial charge in [-0.3, -0.25) is 0 Å². The molecule has 0 saturated carbocycles. The van der Waals surface area contributed by atoms with Crippen LogP contribution in [0.4, 0.5) is 0 Å². The molecule has 1 heterocycles. The van der Waals surface area contributed by atoms with Gasteiger partial charge in [0.05, 0.1) is 0 Å². The predicted molar refractivity (Wildman–Crippen MR) is 89.4 cm³/mol. The lowest BCUT2D eigenvalue weighted by molar-refractivity contribution is 0.445. The highest BCUT2D eigenvalue weighted by Gasteiger charge is 2.10. The first-order chi connectivity index (χ1) is 9.88. The molecule has 1 unspecified atom stereocenters. The monoisotopic (exact) mass is 287 g/mol. The summed E-state index contributed by atoms with van der Waals surface area (Å²) < 4.78 is 0. The number of hydrogen-bond donors (Lipinski definition) is 1. The molecule has 0 radical (unpaired) electrons. The van der Waals surface area contributed by atoms with Crippen LogP contribution >= 0.6 is 11.3 Å². The van der Waals surface area contributed by atoms with Gasteiger partial charge in [0, 0.05) is 4.88 Å². The molecule has 0 spiro atoms. The SMILES string of the molecule is CCCNCC(CCc1cccs1)Cc1ccccc1. The topological polar surface area (TPSA) is 12.0 Å². The van der Waals surface area contributed by atoms with Crippen molar-refractivity contribution >= 4 is 11.3 Å². The Balaban J connectivity index is 1.86. The van der Waals surface area contributed by atoms with Crippen molar-refractivity contribution in [1.82, 2.24) is 5.32 Å². The second-order valence-electron chi connectivity index (χ2n) is 5.38. The molecule has 108 valence electrons. The Morgan fingerprint density at radius 3 is 2.65 bits per heavy atom. The summed E-state index contributed by atoms with van der Waals surface area (Å²) >= 11 is 1.88. The average molecular weight is 287 g/mol. The van der Waals surface area contributed by atoms with E-state index in [0.717, 1.165) is 19.0 Å². The Kier molecular flexibility index (Phi) is 6.82. The molecule has 0 fully saturated rings. The number of nitrogens with one attached hydrogen (secondary N) is 1. The van der Waals surface area contributed by atoms with Crippen LogP contribution in [0.3, 0.4) is 0 Å². The Hall–Kier alpha value is -1.12. The maximum absolute atomic E-state index is 3.59. The molecular formula is C18H25NS. The Morgan fingerprint density at radius 1 is 1.10 bits per heavy atom. The standard InChI is InChI=1S/C18H25NS/c1-2-12-19-15-17(10-11-18-9-6-13-20-18)14-16-7-4-3-5-8-16/h3-9,13,17,19H,2,10-12,14-15H2,1H3. The molecule has 0 bridgehead atoms. The molecule has 0 amide bonds. The van der Waals surface area contributed by atoms with Crippen LogP contribution in [-0.2, 0) is 12.8 Å². The highest BCUT2D eigenvalue weighted by Crippen LogP contribution is 2.18. The molecule has 0 saturated heterocycles. The van der Waals surface area contributed by atoms with E-state index in [1.54, 1.807) is 0 Å². The zero-order chi connectivity index (χ0) is 14.0. The minimum absolute atomic E-state index is 0.728. The smallest absolute Gasteiger partial charge is 0.00453 e. The molecule has 2 aromatic rings. The van der Waals surface area contributed by atoms with Gasteiger partial charge in [0.2, 0.25) is 0 Å². The van der Waals surface area contributed by atoms with Crippen LogP contribution in [0.25, 0.3) is 0 Å². The van der Waals surface area contributed by atoms with Crippen LogP contribution in [0.2, 0.25) is 0 Å². The summed E-state index contributed by atoms with van der Waals surface area (Å²) in [4.78, 5) is 1.51. The molecule has 2 rings (SSSR count). The van der Waals surface area contributed by atoms with Crippen molar-refractivity contribution in [3.8, 4) is 0 Å². The molecular weight excluding hydrogens is 262 g/mol. The highest BCUT2D eigenvalue weighted by atomic mass is 32.1. The number of rotatable bonds is 9. The first-order valence-electron chi connectivity index (χ1n) is 7.65. The van der Waals surface area contributed by atoms with Crippen LogP contribution in [0.5, 0.6) is 0 Å². The van der Waals surface area contributed by atoms with Gasteiger partial charge in [0.25, 0.3) is 0 Å². The van der Waals surface area contributed by atoms with E-state index in [2.05, 4.69) is 60.1 Å². The third kappa shape index (κ3) is 5.48. The summed E-state index contributed by atoms with van der Waals surface area (Å²) in [6.07, 6.45) is 4.88. The van der Waals surface area contributed by atoms with Gasteiger partial charge in [-0.2, -0.15) is 0 Å². The van der Waals surface area contributed by atoms with Crippen LogP contribution in [-0.4, -0.2) is 13.1 Å². The first-order valence-corrected chi connectivity index (χ1v) is 8.53. The predicted octanol–water partition coefficient (Wildman–Crippen LogP) is 4.54. The number of aryl methyl sites for hydroxylation is 1. The second kappa shape index (κ2) is 8.93. The first kappa shape index (κ1) is 15.3. The van der Waals surface area contributed by atoms with E-state index in [-0.39, 0.29) is 0 Å². The van der Waals surface area contributed by atoms with E-state index in [9.17, 15) is 0 Å². The van der Waals surface area contributed by atoms with Crippen molar-refractivity contribution < 1.29 is 0 Å². The normalized spacial score (nSPS) is 12.4. The van der Waals surface area contributed by atoms with Crippen LogP contribution in [0, 0.1) is 5.92 Å². The van der Waals surface area contributed by atoms with Gasteiger partial charge in [-0.1, -0.05) is 43.3 Å². The third-order valence-electron chi connectivity index (χ3n) is 3.61. The van der Waals surface area contributed by atoms with Crippen LogP contribution < -0.4 is 5.32 Å². The van der Waals surface area contributed by atoms with Crippen molar-refractivity contribution in [1.29, 1.82) is 0 Å². The lowest BCUT2D eigenvalue weighted by Crippen LogP contribution is -2.25. The molecule has 0 aliphatic heterocycles. The van der Waals surface area contributed by atoms with E-state index in [1.807, 2.05) is 11.3 Å². The van der Waals surface area contributed by atoms with Crippen molar-refractivity contribution in [3.63, 3.8) is 0 Å². The van der Waals surface area contributed by atoms with Crippen molar-refractivity contribution in [3.05, 3.63) is 58.3 Å². The van der Waals surface area contributed by atoms with Crippen LogP contribution in [0.15, 0.2) is 47.8 Å². The molecule has 1 atom stereocenters. The average Bonchev–Trinajstić information content (AvgIpc) is 2.99. The summed E-state index contributed by atoms with van der Waals surface area (Å²) in [6, 6.07) is 15.3. The van der Waals surface area contributed by atoms with E-state index in [1.165, 1.54) is 36.1 Å². The van der Waals surface area contributed by atoms with Crippen molar-refractivity contribution in [2.75, 3.05) is 13.1 Å². The number of benzene rings is 1. The Morgan fingerprint density at radius 2 is 1.95 bits per heavy atom. The quantitative estimate of drug-likeness (QED) is 0.668. The zero-order valence-electron chi connectivity index (χ0n) is 12.3. The van der Waals surface area contributed by atoms with Crippen LogP contribution in [0.1, 0.15) is 30.2 Å². The fourth-order valence-electron chi connectivity index (χ4n) is 2.51. The van der Waals surface area contributed by atoms with E-state index < -0.39 is 0 Å². The number of hydrogen-bond acceptors (Lipinski definition) is 2. The molecule has 1 N–H and O–H groups in total. The van der Waals surface area contributed by atoms with Gasteiger partial charge in [0.1, 0.15) is 0 Å². The number of thiophene rings is 1. The summed E-state index contributed by atoms with van der Waals surface area (Å²) in [7, 11) is 0. The lowest BCUT2D eigenvalue weighted by Gasteiger charge is -2.17. The minimum atomic E-state index is 0.728. The van der Waals surface area contributed by atoms with Gasteiger partial charge in [0.15, 0.2) is 0 Å². The molecule has 0 aliphatic rings. The molecule has 2 heteroatoms. The van der Waals surface area contributed by atoms with Gasteiger partial charge in [-0.05, 0) is 61.7 Å².